The highest BCUT2D eigenvalue weighted by Crippen LogP contribution is 2.24. The van der Waals surface area contributed by atoms with Crippen LogP contribution in [-0.2, 0) is 26.0 Å². The molecule has 4 N–H and O–H groups in total. The summed E-state index contributed by atoms with van der Waals surface area (Å²) in [4.78, 5) is 25.2. The van der Waals surface area contributed by atoms with E-state index >= 15 is 0 Å². The first kappa shape index (κ1) is 22.6. The normalized spacial score (nSPS) is 12.5. The molecule has 0 unspecified atom stereocenters. The van der Waals surface area contributed by atoms with E-state index in [0.29, 0.717) is 11.3 Å². The van der Waals surface area contributed by atoms with Gasteiger partial charge in [-0.1, -0.05) is 44.2 Å². The van der Waals surface area contributed by atoms with Crippen LogP contribution < -0.4 is 15.8 Å². The number of aryl methyl sites for hydroxylation is 1. The molecule has 0 aliphatic rings. The second-order valence-corrected chi connectivity index (χ2v) is 8.96. The van der Waals surface area contributed by atoms with Gasteiger partial charge in [-0.05, 0) is 48.6 Å². The van der Waals surface area contributed by atoms with Crippen LogP contribution in [-0.4, -0.2) is 26.3 Å². The van der Waals surface area contributed by atoms with Gasteiger partial charge in [0, 0.05) is 5.69 Å². The third-order valence-corrected chi connectivity index (χ3v) is 5.59. The van der Waals surface area contributed by atoms with Crippen LogP contribution in [0.4, 0.5) is 5.69 Å². The van der Waals surface area contributed by atoms with Crippen molar-refractivity contribution in [1.29, 1.82) is 0 Å². The molecule has 0 spiro atoms. The average molecular weight is 418 g/mol. The third kappa shape index (κ3) is 6.13. The van der Waals surface area contributed by atoms with Gasteiger partial charge in [-0.3, -0.25) is 9.59 Å². The fourth-order valence-electron chi connectivity index (χ4n) is 2.87. The van der Waals surface area contributed by atoms with Crippen molar-refractivity contribution < 1.29 is 18.0 Å². The van der Waals surface area contributed by atoms with E-state index in [9.17, 15) is 18.0 Å². The Bertz CT molecular complexity index is 1000. The quantitative estimate of drug-likeness (QED) is 0.640. The van der Waals surface area contributed by atoms with Crippen molar-refractivity contribution in [3.8, 4) is 0 Å². The maximum absolute atomic E-state index is 12.9. The second kappa shape index (κ2) is 9.19. The molecule has 0 aliphatic heterocycles. The number of rotatable bonds is 7. The number of hydrogen-bond donors (Lipinski definition) is 3. The van der Waals surface area contributed by atoms with Crippen molar-refractivity contribution in [3.05, 3.63) is 59.2 Å². The molecule has 7 nitrogen and oxygen atoms in total. The van der Waals surface area contributed by atoms with Crippen LogP contribution in [0.3, 0.4) is 0 Å². The van der Waals surface area contributed by atoms with E-state index < -0.39 is 22.0 Å². The minimum absolute atomic E-state index is 0.0786. The zero-order valence-electron chi connectivity index (χ0n) is 17.0. The number of amides is 2. The summed E-state index contributed by atoms with van der Waals surface area (Å²) >= 11 is 0. The van der Waals surface area contributed by atoms with Crippen LogP contribution in [0, 0.1) is 19.8 Å². The summed E-state index contributed by atoms with van der Waals surface area (Å²) in [6.45, 7) is 7.16. The summed E-state index contributed by atoms with van der Waals surface area (Å²) in [5.74, 6) is -0.857. The minimum atomic E-state index is -3.91. The number of anilines is 1. The van der Waals surface area contributed by atoms with E-state index in [2.05, 4.69) is 10.6 Å². The highest BCUT2D eigenvalue weighted by atomic mass is 32.2. The number of primary sulfonamides is 1. The number of benzene rings is 2. The zero-order valence-corrected chi connectivity index (χ0v) is 17.8. The monoisotopic (exact) mass is 417 g/mol. The first-order valence-corrected chi connectivity index (χ1v) is 10.8. The average Bonchev–Trinajstić information content (AvgIpc) is 2.63. The Morgan fingerprint density at radius 1 is 1.07 bits per heavy atom. The fraction of sp³-hybridized carbons (Fsp3) is 0.333. The first-order valence-electron chi connectivity index (χ1n) is 9.27. The lowest BCUT2D eigenvalue weighted by Crippen LogP contribution is -2.47. The van der Waals surface area contributed by atoms with Gasteiger partial charge in [0.15, 0.2) is 0 Å². The van der Waals surface area contributed by atoms with E-state index in [4.69, 9.17) is 5.14 Å². The lowest BCUT2D eigenvalue weighted by molar-refractivity contribution is -0.127. The molecule has 29 heavy (non-hydrogen) atoms. The van der Waals surface area contributed by atoms with Crippen LogP contribution >= 0.6 is 0 Å². The van der Waals surface area contributed by atoms with Gasteiger partial charge >= 0.3 is 0 Å². The molecule has 0 aliphatic carbocycles. The summed E-state index contributed by atoms with van der Waals surface area (Å²) in [5, 5.41) is 10.7. The van der Waals surface area contributed by atoms with Crippen LogP contribution in [0.2, 0.25) is 0 Å². The van der Waals surface area contributed by atoms with Crippen molar-refractivity contribution in [2.24, 2.45) is 11.1 Å². The van der Waals surface area contributed by atoms with Gasteiger partial charge in [0.1, 0.15) is 6.04 Å². The Balaban J connectivity index is 2.20. The van der Waals surface area contributed by atoms with Crippen molar-refractivity contribution in [3.63, 3.8) is 0 Å². The molecule has 0 saturated carbocycles. The van der Waals surface area contributed by atoms with Crippen LogP contribution in [0.5, 0.6) is 0 Å². The molecule has 156 valence electrons. The molecule has 2 rings (SSSR count). The molecule has 1 atom stereocenters. The number of nitrogens with two attached hydrogens (primary N) is 1. The first-order chi connectivity index (χ1) is 13.5. The van der Waals surface area contributed by atoms with Crippen LogP contribution in [0.1, 0.15) is 30.5 Å². The molecular weight excluding hydrogens is 390 g/mol. The van der Waals surface area contributed by atoms with Gasteiger partial charge < -0.3 is 10.6 Å². The highest BCUT2D eigenvalue weighted by Gasteiger charge is 2.25. The smallest absolute Gasteiger partial charge is 0.247 e. The van der Waals surface area contributed by atoms with Crippen molar-refractivity contribution in [1.82, 2.24) is 5.32 Å². The topological polar surface area (TPSA) is 118 Å². The van der Waals surface area contributed by atoms with E-state index in [1.165, 1.54) is 12.1 Å². The van der Waals surface area contributed by atoms with E-state index in [0.717, 1.165) is 11.1 Å². The molecule has 0 heterocycles. The SMILES string of the molecule is Cc1cc(S(N)(=O)=O)cc(NC(=O)[C@H](NC(=O)Cc2ccccc2)C(C)C)c1C. The molecule has 8 heteroatoms. The Hall–Kier alpha value is -2.71. The number of sulfonamides is 1. The number of nitrogens with one attached hydrogen (secondary N) is 2. The molecule has 2 aromatic carbocycles. The van der Waals surface area contributed by atoms with Crippen LogP contribution in [0.25, 0.3) is 0 Å². The van der Waals surface area contributed by atoms with Gasteiger partial charge in [-0.15, -0.1) is 0 Å². The number of carbonyl (C=O) groups excluding carboxylic acids is 2. The zero-order chi connectivity index (χ0) is 21.8. The third-order valence-electron chi connectivity index (χ3n) is 4.70. The fourth-order valence-corrected chi connectivity index (χ4v) is 3.49. The molecule has 0 radical (unpaired) electrons. The van der Waals surface area contributed by atoms with Crippen LogP contribution in [0.15, 0.2) is 47.4 Å². The second-order valence-electron chi connectivity index (χ2n) is 7.40. The molecule has 0 bridgehead atoms. The summed E-state index contributed by atoms with van der Waals surface area (Å²) < 4.78 is 23.4. The molecule has 0 saturated heterocycles. The van der Waals surface area contributed by atoms with Crippen molar-refractivity contribution in [2.75, 3.05) is 5.32 Å². The maximum Gasteiger partial charge on any atom is 0.247 e. The van der Waals surface area contributed by atoms with Crippen molar-refractivity contribution in [2.45, 2.75) is 45.1 Å². The molecular formula is C21H27N3O4S. The molecule has 2 aromatic rings. The van der Waals surface area contributed by atoms with E-state index in [1.54, 1.807) is 13.8 Å². The predicted octanol–water partition coefficient (Wildman–Crippen LogP) is 2.27. The Kier molecular flexibility index (Phi) is 7.16. The maximum atomic E-state index is 12.9. The molecule has 2 amide bonds. The van der Waals surface area contributed by atoms with Crippen molar-refractivity contribution >= 4 is 27.5 Å². The minimum Gasteiger partial charge on any atom is -0.344 e. The molecule has 0 fully saturated rings. The summed E-state index contributed by atoms with van der Waals surface area (Å²) in [6, 6.07) is 11.3. The number of carbonyl (C=O) groups is 2. The van der Waals surface area contributed by atoms with E-state index in [1.807, 2.05) is 44.2 Å². The lowest BCUT2D eigenvalue weighted by Gasteiger charge is -2.23. The summed E-state index contributed by atoms with van der Waals surface area (Å²) in [5.41, 5.74) is 2.60. The predicted molar refractivity (Wildman–Crippen MR) is 113 cm³/mol. The van der Waals surface area contributed by atoms with Gasteiger partial charge in [0.25, 0.3) is 0 Å². The van der Waals surface area contributed by atoms with Gasteiger partial charge in [0.2, 0.25) is 21.8 Å². The Morgan fingerprint density at radius 2 is 1.69 bits per heavy atom. The largest absolute Gasteiger partial charge is 0.344 e. The summed E-state index contributed by atoms with van der Waals surface area (Å²) in [7, 11) is -3.91. The van der Waals surface area contributed by atoms with E-state index in [-0.39, 0.29) is 23.1 Å². The Labute approximate surface area is 171 Å². The summed E-state index contributed by atoms with van der Waals surface area (Å²) in [6.07, 6.45) is 0.163. The number of hydrogen-bond acceptors (Lipinski definition) is 4. The standard InChI is InChI=1S/C21H27N3O4S/c1-13(2)20(24-19(25)11-16-8-6-5-7-9-16)21(26)23-18-12-17(29(22,27)28)10-14(3)15(18)4/h5-10,12-13,20H,11H2,1-4H3,(H,23,26)(H,24,25)(H2,22,27,28)/t20-/m1/s1. The van der Waals surface area contributed by atoms with Gasteiger partial charge in [-0.25, -0.2) is 13.6 Å². The molecule has 0 aromatic heterocycles. The lowest BCUT2D eigenvalue weighted by atomic mass is 10.0. The van der Waals surface area contributed by atoms with Gasteiger partial charge in [-0.2, -0.15) is 0 Å². The van der Waals surface area contributed by atoms with Gasteiger partial charge in [0.05, 0.1) is 11.3 Å². The Morgan fingerprint density at radius 3 is 2.24 bits per heavy atom. The highest BCUT2D eigenvalue weighted by molar-refractivity contribution is 7.89.